The van der Waals surface area contributed by atoms with Gasteiger partial charge in [-0.1, -0.05) is 13.3 Å². The molecule has 0 aromatic heterocycles. The van der Waals surface area contributed by atoms with Crippen molar-refractivity contribution in [1.82, 2.24) is 10.2 Å². The molecular formula is C15H31N3O2. The number of nitrogens with two attached hydrogens (primary N) is 1. The van der Waals surface area contributed by atoms with Gasteiger partial charge in [-0.25, -0.2) is 0 Å². The van der Waals surface area contributed by atoms with Crippen molar-refractivity contribution in [2.75, 3.05) is 19.6 Å². The predicted molar refractivity (Wildman–Crippen MR) is 82.2 cm³/mol. The number of hydrogen-bond donors (Lipinski definition) is 2. The molecular weight excluding hydrogens is 254 g/mol. The lowest BCUT2D eigenvalue weighted by atomic mass is 9.96. The van der Waals surface area contributed by atoms with E-state index in [0.717, 1.165) is 19.3 Å². The molecule has 20 heavy (non-hydrogen) atoms. The van der Waals surface area contributed by atoms with Crippen LogP contribution in [0.25, 0.3) is 0 Å². The first kappa shape index (κ1) is 18.9. The van der Waals surface area contributed by atoms with Gasteiger partial charge in [0.15, 0.2) is 0 Å². The fourth-order valence-corrected chi connectivity index (χ4v) is 2.31. The van der Waals surface area contributed by atoms with E-state index in [-0.39, 0.29) is 11.8 Å². The number of rotatable bonds is 10. The van der Waals surface area contributed by atoms with E-state index in [9.17, 15) is 9.59 Å². The van der Waals surface area contributed by atoms with Gasteiger partial charge in [-0.15, -0.1) is 0 Å². The summed E-state index contributed by atoms with van der Waals surface area (Å²) in [6.07, 6.45) is 3.30. The Kier molecular flexibility index (Phi) is 10.1. The third-order valence-electron chi connectivity index (χ3n) is 3.75. The van der Waals surface area contributed by atoms with Crippen LogP contribution >= 0.6 is 0 Å². The Bertz CT molecular complexity index is 291. The van der Waals surface area contributed by atoms with Crippen LogP contribution in [0.3, 0.4) is 0 Å². The summed E-state index contributed by atoms with van der Waals surface area (Å²) in [7, 11) is 0. The quantitative estimate of drug-likeness (QED) is 0.639. The maximum Gasteiger partial charge on any atom is 0.244 e. The van der Waals surface area contributed by atoms with Gasteiger partial charge in [-0.05, 0) is 46.1 Å². The molecule has 0 aliphatic carbocycles. The van der Waals surface area contributed by atoms with E-state index in [0.29, 0.717) is 32.0 Å². The molecule has 2 unspecified atom stereocenters. The highest BCUT2D eigenvalue weighted by Crippen LogP contribution is 2.14. The molecule has 0 saturated carbocycles. The Morgan fingerprint density at radius 3 is 2.20 bits per heavy atom. The average molecular weight is 285 g/mol. The second-order valence-corrected chi connectivity index (χ2v) is 5.19. The Hall–Kier alpha value is -1.10. The number of carbonyl (C=O) groups excluding carboxylic acids is 2. The van der Waals surface area contributed by atoms with Crippen molar-refractivity contribution in [3.05, 3.63) is 0 Å². The largest absolute Gasteiger partial charge is 0.345 e. The normalized spacial score (nSPS) is 13.7. The first-order valence-corrected chi connectivity index (χ1v) is 7.78. The summed E-state index contributed by atoms with van der Waals surface area (Å²) in [5.41, 5.74) is 5.55. The molecule has 5 nitrogen and oxygen atoms in total. The number of carbonyl (C=O) groups is 2. The van der Waals surface area contributed by atoms with Gasteiger partial charge in [0, 0.05) is 19.5 Å². The minimum absolute atomic E-state index is 0.0163. The van der Waals surface area contributed by atoms with Crippen molar-refractivity contribution >= 4 is 11.8 Å². The zero-order valence-electron chi connectivity index (χ0n) is 13.4. The topological polar surface area (TPSA) is 75.4 Å². The van der Waals surface area contributed by atoms with Crippen LogP contribution < -0.4 is 11.1 Å². The van der Waals surface area contributed by atoms with Crippen molar-refractivity contribution in [1.29, 1.82) is 0 Å². The van der Waals surface area contributed by atoms with Crippen molar-refractivity contribution in [2.24, 2.45) is 11.7 Å². The van der Waals surface area contributed by atoms with Gasteiger partial charge in [0.2, 0.25) is 11.8 Å². The molecule has 118 valence electrons. The predicted octanol–water partition coefficient (Wildman–Crippen LogP) is 1.51. The van der Waals surface area contributed by atoms with E-state index in [1.54, 1.807) is 11.8 Å². The molecule has 0 heterocycles. The third kappa shape index (κ3) is 6.89. The maximum atomic E-state index is 12.0. The van der Waals surface area contributed by atoms with Gasteiger partial charge in [0.05, 0.1) is 0 Å². The minimum atomic E-state index is -0.447. The van der Waals surface area contributed by atoms with E-state index in [1.165, 1.54) is 0 Å². The van der Waals surface area contributed by atoms with Crippen LogP contribution in [-0.4, -0.2) is 42.4 Å². The number of amides is 2. The summed E-state index contributed by atoms with van der Waals surface area (Å²) >= 11 is 0. The third-order valence-corrected chi connectivity index (χ3v) is 3.75. The van der Waals surface area contributed by atoms with Crippen molar-refractivity contribution < 1.29 is 9.59 Å². The van der Waals surface area contributed by atoms with Crippen molar-refractivity contribution in [3.8, 4) is 0 Å². The Labute approximate surface area is 123 Å². The minimum Gasteiger partial charge on any atom is -0.345 e. The zero-order valence-corrected chi connectivity index (χ0v) is 13.4. The summed E-state index contributed by atoms with van der Waals surface area (Å²) in [5.74, 6) is 0.436. The SMILES string of the molecule is CCC(CCN)CCC(=O)NC(C)C(=O)N(CC)CC. The van der Waals surface area contributed by atoms with Crippen LogP contribution in [0, 0.1) is 5.92 Å². The lowest BCUT2D eigenvalue weighted by molar-refractivity contribution is -0.135. The zero-order chi connectivity index (χ0) is 15.5. The molecule has 0 aromatic carbocycles. The Balaban J connectivity index is 4.16. The van der Waals surface area contributed by atoms with E-state index in [2.05, 4.69) is 12.2 Å². The van der Waals surface area contributed by atoms with Crippen LogP contribution in [0.2, 0.25) is 0 Å². The molecule has 0 bridgehead atoms. The fraction of sp³-hybridized carbons (Fsp3) is 0.867. The highest BCUT2D eigenvalue weighted by atomic mass is 16.2. The second kappa shape index (κ2) is 10.7. The molecule has 0 aliphatic rings. The summed E-state index contributed by atoms with van der Waals surface area (Å²) in [6.45, 7) is 9.74. The second-order valence-electron chi connectivity index (χ2n) is 5.19. The molecule has 0 spiro atoms. The maximum absolute atomic E-state index is 12.0. The van der Waals surface area contributed by atoms with Gasteiger partial charge in [-0.2, -0.15) is 0 Å². The molecule has 0 radical (unpaired) electrons. The first-order valence-electron chi connectivity index (χ1n) is 7.78. The van der Waals surface area contributed by atoms with Crippen LogP contribution in [0.4, 0.5) is 0 Å². The number of hydrogen-bond acceptors (Lipinski definition) is 3. The van der Waals surface area contributed by atoms with Gasteiger partial charge in [0.1, 0.15) is 6.04 Å². The lowest BCUT2D eigenvalue weighted by Crippen LogP contribution is -2.46. The molecule has 0 saturated heterocycles. The smallest absolute Gasteiger partial charge is 0.244 e. The monoisotopic (exact) mass is 285 g/mol. The van der Waals surface area contributed by atoms with Crippen molar-refractivity contribution in [3.63, 3.8) is 0 Å². The molecule has 2 atom stereocenters. The highest BCUT2D eigenvalue weighted by Gasteiger charge is 2.20. The first-order chi connectivity index (χ1) is 9.49. The number of nitrogens with one attached hydrogen (secondary N) is 1. The molecule has 0 rings (SSSR count). The van der Waals surface area contributed by atoms with Crippen LogP contribution in [0.15, 0.2) is 0 Å². The van der Waals surface area contributed by atoms with Crippen LogP contribution in [0.1, 0.15) is 53.4 Å². The summed E-state index contributed by atoms with van der Waals surface area (Å²) in [5, 5.41) is 2.79. The Morgan fingerprint density at radius 1 is 1.15 bits per heavy atom. The fourth-order valence-electron chi connectivity index (χ4n) is 2.31. The van der Waals surface area contributed by atoms with Gasteiger partial charge in [0.25, 0.3) is 0 Å². The average Bonchev–Trinajstić information content (AvgIpc) is 2.44. The molecule has 0 aliphatic heterocycles. The van der Waals surface area contributed by atoms with E-state index < -0.39 is 6.04 Å². The standard InChI is InChI=1S/C15H31N3O2/c1-5-13(10-11-16)8-9-14(19)17-12(4)15(20)18(6-2)7-3/h12-13H,5-11,16H2,1-4H3,(H,17,19). The summed E-state index contributed by atoms with van der Waals surface area (Å²) in [6, 6.07) is -0.447. The number of likely N-dealkylation sites (N-methyl/N-ethyl adjacent to an activating group) is 1. The van der Waals surface area contributed by atoms with Gasteiger partial charge < -0.3 is 16.0 Å². The highest BCUT2D eigenvalue weighted by molar-refractivity contribution is 5.87. The Morgan fingerprint density at radius 2 is 1.75 bits per heavy atom. The van der Waals surface area contributed by atoms with Crippen molar-refractivity contribution in [2.45, 2.75) is 59.4 Å². The van der Waals surface area contributed by atoms with Gasteiger partial charge in [-0.3, -0.25) is 9.59 Å². The summed E-state index contributed by atoms with van der Waals surface area (Å²) in [4.78, 5) is 25.6. The van der Waals surface area contributed by atoms with Crippen LogP contribution in [0.5, 0.6) is 0 Å². The molecule has 0 fully saturated rings. The molecule has 3 N–H and O–H groups in total. The van der Waals surface area contributed by atoms with E-state index in [1.807, 2.05) is 13.8 Å². The van der Waals surface area contributed by atoms with E-state index >= 15 is 0 Å². The van der Waals surface area contributed by atoms with E-state index in [4.69, 9.17) is 5.73 Å². The van der Waals surface area contributed by atoms with Crippen LogP contribution in [-0.2, 0) is 9.59 Å². The molecule has 5 heteroatoms. The van der Waals surface area contributed by atoms with Gasteiger partial charge >= 0.3 is 0 Å². The molecule has 0 aromatic rings. The number of nitrogens with zero attached hydrogens (tertiary/aromatic N) is 1. The molecule has 2 amide bonds. The summed E-state index contributed by atoms with van der Waals surface area (Å²) < 4.78 is 0. The lowest BCUT2D eigenvalue weighted by Gasteiger charge is -2.23.